The van der Waals surface area contributed by atoms with E-state index in [1.165, 1.54) is 0 Å². The van der Waals surface area contributed by atoms with Gasteiger partial charge in [-0.1, -0.05) is 6.07 Å². The Morgan fingerprint density at radius 2 is 2.16 bits per heavy atom. The van der Waals surface area contributed by atoms with E-state index in [-0.39, 0.29) is 17.2 Å². The van der Waals surface area contributed by atoms with Crippen molar-refractivity contribution in [3.8, 4) is 0 Å². The SMILES string of the molecule is CC1(C)CC(C(Cc2ccccn2)NN)C(C)(C)O1. The second-order valence-corrected chi connectivity index (χ2v) is 6.57. The molecule has 1 aromatic heterocycles. The van der Waals surface area contributed by atoms with Crippen LogP contribution in [0, 0.1) is 5.92 Å². The van der Waals surface area contributed by atoms with Gasteiger partial charge in [0.1, 0.15) is 0 Å². The Kier molecular flexibility index (Phi) is 3.95. The largest absolute Gasteiger partial charge is 0.369 e. The van der Waals surface area contributed by atoms with Crippen molar-refractivity contribution in [2.24, 2.45) is 11.8 Å². The Hall–Kier alpha value is -0.970. The first-order chi connectivity index (χ1) is 8.84. The Labute approximate surface area is 115 Å². The van der Waals surface area contributed by atoms with Crippen LogP contribution >= 0.6 is 0 Å². The highest BCUT2D eigenvalue weighted by molar-refractivity contribution is 5.08. The summed E-state index contributed by atoms with van der Waals surface area (Å²) >= 11 is 0. The molecule has 1 aliphatic heterocycles. The van der Waals surface area contributed by atoms with Crippen LogP contribution in [0.4, 0.5) is 0 Å². The van der Waals surface area contributed by atoms with Gasteiger partial charge in [-0.05, 0) is 46.2 Å². The zero-order chi connectivity index (χ0) is 14.1. The molecule has 4 heteroatoms. The molecule has 1 fully saturated rings. The summed E-state index contributed by atoms with van der Waals surface area (Å²) in [6.45, 7) is 8.58. The third-order valence-electron chi connectivity index (χ3n) is 4.00. The molecule has 2 unspecified atom stereocenters. The molecule has 106 valence electrons. The molecule has 2 heterocycles. The molecule has 1 aromatic rings. The van der Waals surface area contributed by atoms with Gasteiger partial charge >= 0.3 is 0 Å². The van der Waals surface area contributed by atoms with Crippen LogP contribution in [0.15, 0.2) is 24.4 Å². The first kappa shape index (κ1) is 14.4. The van der Waals surface area contributed by atoms with Crippen LogP contribution in [0.5, 0.6) is 0 Å². The molecule has 0 radical (unpaired) electrons. The minimum atomic E-state index is -0.171. The van der Waals surface area contributed by atoms with E-state index in [1.54, 1.807) is 0 Å². The van der Waals surface area contributed by atoms with E-state index >= 15 is 0 Å². The number of aromatic nitrogens is 1. The van der Waals surface area contributed by atoms with E-state index in [1.807, 2.05) is 24.4 Å². The Balaban J connectivity index is 2.14. The fraction of sp³-hybridized carbons (Fsp3) is 0.667. The van der Waals surface area contributed by atoms with Gasteiger partial charge in [0.25, 0.3) is 0 Å². The van der Waals surface area contributed by atoms with Gasteiger partial charge in [0, 0.05) is 30.3 Å². The average Bonchev–Trinajstić information content (AvgIpc) is 2.55. The summed E-state index contributed by atoms with van der Waals surface area (Å²) in [5.74, 6) is 6.15. The predicted molar refractivity (Wildman–Crippen MR) is 76.4 cm³/mol. The maximum Gasteiger partial charge on any atom is 0.0678 e. The number of nitrogens with two attached hydrogens (primary N) is 1. The molecule has 19 heavy (non-hydrogen) atoms. The Morgan fingerprint density at radius 1 is 1.42 bits per heavy atom. The van der Waals surface area contributed by atoms with Gasteiger partial charge < -0.3 is 4.74 Å². The lowest BCUT2D eigenvalue weighted by atomic mass is 9.80. The van der Waals surface area contributed by atoms with E-state index in [2.05, 4.69) is 38.1 Å². The van der Waals surface area contributed by atoms with Crippen LogP contribution in [0.3, 0.4) is 0 Å². The maximum absolute atomic E-state index is 6.15. The molecule has 0 aliphatic carbocycles. The van der Waals surface area contributed by atoms with Crippen LogP contribution in [-0.4, -0.2) is 22.2 Å². The van der Waals surface area contributed by atoms with Crippen LogP contribution in [-0.2, 0) is 11.2 Å². The zero-order valence-corrected chi connectivity index (χ0v) is 12.3. The molecule has 0 aromatic carbocycles. The van der Waals surface area contributed by atoms with Gasteiger partial charge in [-0.15, -0.1) is 0 Å². The monoisotopic (exact) mass is 263 g/mol. The normalized spacial score (nSPS) is 26.3. The molecule has 0 spiro atoms. The van der Waals surface area contributed by atoms with Gasteiger partial charge in [0.15, 0.2) is 0 Å². The quantitative estimate of drug-likeness (QED) is 0.645. The highest BCUT2D eigenvalue weighted by Gasteiger charge is 2.48. The van der Waals surface area contributed by atoms with Crippen LogP contribution in [0.25, 0.3) is 0 Å². The Bertz CT molecular complexity index is 417. The molecule has 0 amide bonds. The number of pyridine rings is 1. The number of hydrogen-bond donors (Lipinski definition) is 2. The van der Waals surface area contributed by atoms with E-state index in [0.717, 1.165) is 18.5 Å². The van der Waals surface area contributed by atoms with Gasteiger partial charge in [0.2, 0.25) is 0 Å². The summed E-state index contributed by atoms with van der Waals surface area (Å²) < 4.78 is 6.15. The number of hydrogen-bond acceptors (Lipinski definition) is 4. The first-order valence-corrected chi connectivity index (χ1v) is 6.90. The third kappa shape index (κ3) is 3.32. The number of hydrazine groups is 1. The van der Waals surface area contributed by atoms with Gasteiger partial charge in [-0.3, -0.25) is 16.3 Å². The molecule has 2 rings (SSSR count). The summed E-state index contributed by atoms with van der Waals surface area (Å²) in [5, 5.41) is 0. The fourth-order valence-corrected chi connectivity index (χ4v) is 3.29. The Morgan fingerprint density at radius 3 is 2.63 bits per heavy atom. The average molecular weight is 263 g/mol. The maximum atomic E-state index is 6.15. The van der Waals surface area contributed by atoms with Crippen molar-refractivity contribution in [1.29, 1.82) is 0 Å². The van der Waals surface area contributed by atoms with Crippen molar-refractivity contribution in [2.45, 2.75) is 57.8 Å². The van der Waals surface area contributed by atoms with Crippen molar-refractivity contribution in [3.63, 3.8) is 0 Å². The minimum Gasteiger partial charge on any atom is -0.369 e. The van der Waals surface area contributed by atoms with Crippen molar-refractivity contribution in [3.05, 3.63) is 30.1 Å². The van der Waals surface area contributed by atoms with E-state index in [9.17, 15) is 0 Å². The lowest BCUT2D eigenvalue weighted by molar-refractivity contribution is -0.0776. The predicted octanol–water partition coefficient (Wildman–Crippen LogP) is 2.05. The van der Waals surface area contributed by atoms with E-state index in [4.69, 9.17) is 10.6 Å². The summed E-state index contributed by atoms with van der Waals surface area (Å²) in [7, 11) is 0. The second kappa shape index (κ2) is 5.19. The van der Waals surface area contributed by atoms with E-state index < -0.39 is 0 Å². The topological polar surface area (TPSA) is 60.2 Å². The minimum absolute atomic E-state index is 0.0899. The summed E-state index contributed by atoms with van der Waals surface area (Å²) in [6, 6.07) is 6.15. The zero-order valence-electron chi connectivity index (χ0n) is 12.3. The van der Waals surface area contributed by atoms with Crippen molar-refractivity contribution >= 4 is 0 Å². The summed E-state index contributed by atoms with van der Waals surface area (Å²) in [5.41, 5.74) is 3.77. The van der Waals surface area contributed by atoms with E-state index in [0.29, 0.717) is 5.92 Å². The molecular weight excluding hydrogens is 238 g/mol. The van der Waals surface area contributed by atoms with Crippen LogP contribution in [0.1, 0.15) is 39.8 Å². The summed E-state index contributed by atoms with van der Waals surface area (Å²) in [6.07, 6.45) is 3.65. The lowest BCUT2D eigenvalue weighted by Gasteiger charge is -2.32. The molecule has 0 saturated carbocycles. The first-order valence-electron chi connectivity index (χ1n) is 6.90. The number of nitrogens with zero attached hydrogens (tertiary/aromatic N) is 1. The standard InChI is InChI=1S/C15H25N3O/c1-14(2)10-12(15(3,4)19-14)13(18-16)9-11-7-5-6-8-17-11/h5-8,12-13,18H,9-10,16H2,1-4H3. The van der Waals surface area contributed by atoms with Crippen molar-refractivity contribution in [2.75, 3.05) is 0 Å². The van der Waals surface area contributed by atoms with Crippen LogP contribution < -0.4 is 11.3 Å². The smallest absolute Gasteiger partial charge is 0.0678 e. The molecule has 1 saturated heterocycles. The lowest BCUT2D eigenvalue weighted by Crippen LogP contribution is -2.48. The number of ether oxygens (including phenoxy) is 1. The van der Waals surface area contributed by atoms with Gasteiger partial charge in [-0.25, -0.2) is 0 Å². The fourth-order valence-electron chi connectivity index (χ4n) is 3.29. The number of rotatable bonds is 4. The number of nitrogens with one attached hydrogen (secondary N) is 1. The molecule has 3 N–H and O–H groups in total. The van der Waals surface area contributed by atoms with Crippen molar-refractivity contribution < 1.29 is 4.74 Å². The van der Waals surface area contributed by atoms with Crippen molar-refractivity contribution in [1.82, 2.24) is 10.4 Å². The summed E-state index contributed by atoms with van der Waals surface area (Å²) in [4.78, 5) is 4.39. The van der Waals surface area contributed by atoms with Gasteiger partial charge in [-0.2, -0.15) is 0 Å². The van der Waals surface area contributed by atoms with Gasteiger partial charge in [0.05, 0.1) is 11.2 Å². The molecule has 2 atom stereocenters. The highest BCUT2D eigenvalue weighted by atomic mass is 16.5. The van der Waals surface area contributed by atoms with Crippen LogP contribution in [0.2, 0.25) is 0 Å². The molecule has 1 aliphatic rings. The highest BCUT2D eigenvalue weighted by Crippen LogP contribution is 2.43. The third-order valence-corrected chi connectivity index (χ3v) is 4.00. The molecule has 4 nitrogen and oxygen atoms in total. The molecule has 0 bridgehead atoms. The molecular formula is C15H25N3O. The second-order valence-electron chi connectivity index (χ2n) is 6.57.